The normalized spacial score (nSPS) is 15.3. The second-order valence-corrected chi connectivity index (χ2v) is 6.21. The molecule has 8 heteroatoms. The standard InChI is InChI=1S/C16H16N8/c1-10-11(2)19-16-17-9-18-24(16)15(10)22-7-12(8-22)14-21-20-13-5-3-4-6-23(13)14/h3-6,9,12H,7-8H2,1-2H3. The summed E-state index contributed by atoms with van der Waals surface area (Å²) in [5.41, 5.74) is 3.01. The van der Waals surface area contributed by atoms with Gasteiger partial charge in [-0.15, -0.1) is 10.2 Å². The Labute approximate surface area is 137 Å². The number of hydrogen-bond acceptors (Lipinski definition) is 6. The van der Waals surface area contributed by atoms with Crippen molar-refractivity contribution in [2.24, 2.45) is 0 Å². The molecule has 120 valence electrons. The Balaban J connectivity index is 1.50. The molecular formula is C16H16N8. The van der Waals surface area contributed by atoms with Crippen molar-refractivity contribution < 1.29 is 0 Å². The van der Waals surface area contributed by atoms with Crippen LogP contribution in [0.2, 0.25) is 0 Å². The van der Waals surface area contributed by atoms with Crippen LogP contribution in [0.4, 0.5) is 5.82 Å². The third-order valence-electron chi connectivity index (χ3n) is 4.76. The zero-order chi connectivity index (χ0) is 16.3. The number of pyridine rings is 1. The Kier molecular flexibility index (Phi) is 2.64. The van der Waals surface area contributed by atoms with Crippen LogP contribution >= 0.6 is 0 Å². The first-order chi connectivity index (χ1) is 11.7. The molecule has 1 saturated heterocycles. The second kappa shape index (κ2) is 4.73. The molecule has 0 N–H and O–H groups in total. The number of fused-ring (bicyclic) bond motifs is 2. The highest BCUT2D eigenvalue weighted by Gasteiger charge is 2.34. The van der Waals surface area contributed by atoms with E-state index < -0.39 is 0 Å². The van der Waals surface area contributed by atoms with E-state index in [-0.39, 0.29) is 0 Å². The molecule has 24 heavy (non-hydrogen) atoms. The molecule has 4 aromatic heterocycles. The quantitative estimate of drug-likeness (QED) is 0.555. The molecule has 0 saturated carbocycles. The van der Waals surface area contributed by atoms with Gasteiger partial charge in [-0.3, -0.25) is 4.40 Å². The van der Waals surface area contributed by atoms with Crippen LogP contribution < -0.4 is 4.90 Å². The molecule has 0 amide bonds. The smallest absolute Gasteiger partial charge is 0.254 e. The molecule has 1 aliphatic heterocycles. The second-order valence-electron chi connectivity index (χ2n) is 6.21. The highest BCUT2D eigenvalue weighted by molar-refractivity contribution is 5.56. The summed E-state index contributed by atoms with van der Waals surface area (Å²) in [4.78, 5) is 11.0. The van der Waals surface area contributed by atoms with Gasteiger partial charge in [0.1, 0.15) is 18.0 Å². The topological polar surface area (TPSA) is 76.5 Å². The van der Waals surface area contributed by atoms with Gasteiger partial charge in [0.2, 0.25) is 0 Å². The van der Waals surface area contributed by atoms with Crippen molar-refractivity contribution in [3.8, 4) is 0 Å². The lowest BCUT2D eigenvalue weighted by Gasteiger charge is -2.40. The molecule has 0 bridgehead atoms. The van der Waals surface area contributed by atoms with E-state index in [2.05, 4.69) is 41.5 Å². The molecule has 0 spiro atoms. The maximum Gasteiger partial charge on any atom is 0.254 e. The third-order valence-corrected chi connectivity index (χ3v) is 4.76. The van der Waals surface area contributed by atoms with Crippen LogP contribution in [-0.2, 0) is 0 Å². The first-order valence-electron chi connectivity index (χ1n) is 7.94. The Morgan fingerprint density at radius 1 is 1.12 bits per heavy atom. The summed E-state index contributed by atoms with van der Waals surface area (Å²) < 4.78 is 3.89. The van der Waals surface area contributed by atoms with Crippen molar-refractivity contribution in [1.82, 2.24) is 34.2 Å². The number of aromatic nitrogens is 7. The molecule has 0 atom stereocenters. The Hall–Kier alpha value is -3.03. The Morgan fingerprint density at radius 2 is 2.00 bits per heavy atom. The summed E-state index contributed by atoms with van der Waals surface area (Å²) in [6.45, 7) is 5.86. The van der Waals surface area contributed by atoms with E-state index in [9.17, 15) is 0 Å². The third kappa shape index (κ3) is 1.76. The predicted molar refractivity (Wildman–Crippen MR) is 88.2 cm³/mol. The molecule has 1 fully saturated rings. The molecule has 0 aromatic carbocycles. The fourth-order valence-corrected chi connectivity index (χ4v) is 3.34. The fourth-order valence-electron chi connectivity index (χ4n) is 3.34. The van der Waals surface area contributed by atoms with Crippen LogP contribution in [0.5, 0.6) is 0 Å². The summed E-state index contributed by atoms with van der Waals surface area (Å²) >= 11 is 0. The van der Waals surface area contributed by atoms with Crippen LogP contribution in [0.3, 0.4) is 0 Å². The molecule has 8 nitrogen and oxygen atoms in total. The molecule has 5 heterocycles. The van der Waals surface area contributed by atoms with Crippen molar-refractivity contribution >= 4 is 17.2 Å². The van der Waals surface area contributed by atoms with E-state index in [0.29, 0.717) is 11.7 Å². The minimum absolute atomic E-state index is 0.355. The summed E-state index contributed by atoms with van der Waals surface area (Å²) in [6.07, 6.45) is 3.57. The van der Waals surface area contributed by atoms with Gasteiger partial charge in [-0.25, -0.2) is 4.98 Å². The Morgan fingerprint density at radius 3 is 2.88 bits per heavy atom. The molecule has 0 aliphatic carbocycles. The monoisotopic (exact) mass is 320 g/mol. The number of rotatable bonds is 2. The maximum atomic E-state index is 4.48. The molecule has 5 rings (SSSR count). The van der Waals surface area contributed by atoms with Crippen molar-refractivity contribution in [2.45, 2.75) is 19.8 Å². The van der Waals surface area contributed by atoms with Gasteiger partial charge in [-0.1, -0.05) is 6.07 Å². The van der Waals surface area contributed by atoms with E-state index in [0.717, 1.165) is 41.6 Å². The van der Waals surface area contributed by atoms with Crippen molar-refractivity contribution in [1.29, 1.82) is 0 Å². The largest absolute Gasteiger partial charge is 0.355 e. The van der Waals surface area contributed by atoms with Crippen LogP contribution in [0.15, 0.2) is 30.7 Å². The van der Waals surface area contributed by atoms with E-state index >= 15 is 0 Å². The minimum Gasteiger partial charge on any atom is -0.355 e. The lowest BCUT2D eigenvalue weighted by molar-refractivity contribution is 0.487. The lowest BCUT2D eigenvalue weighted by atomic mass is 9.98. The van der Waals surface area contributed by atoms with Gasteiger partial charge in [0.15, 0.2) is 5.65 Å². The summed E-state index contributed by atoms with van der Waals surface area (Å²) in [5.74, 6) is 3.08. The molecular weight excluding hydrogens is 304 g/mol. The Bertz CT molecular complexity index is 1060. The van der Waals surface area contributed by atoms with Crippen LogP contribution in [-0.4, -0.2) is 47.3 Å². The number of nitrogens with zero attached hydrogens (tertiary/aromatic N) is 8. The van der Waals surface area contributed by atoms with Crippen LogP contribution in [0.25, 0.3) is 11.4 Å². The van der Waals surface area contributed by atoms with Gasteiger partial charge >= 0.3 is 0 Å². The predicted octanol–water partition coefficient (Wildman–Crippen LogP) is 1.39. The fraction of sp³-hybridized carbons (Fsp3) is 0.312. The van der Waals surface area contributed by atoms with E-state index in [1.54, 1.807) is 6.33 Å². The van der Waals surface area contributed by atoms with Gasteiger partial charge in [0.05, 0.1) is 5.92 Å². The van der Waals surface area contributed by atoms with E-state index in [4.69, 9.17) is 0 Å². The van der Waals surface area contributed by atoms with E-state index in [1.807, 2.05) is 35.8 Å². The zero-order valence-electron chi connectivity index (χ0n) is 13.5. The minimum atomic E-state index is 0.355. The number of aryl methyl sites for hydroxylation is 1. The van der Waals surface area contributed by atoms with Gasteiger partial charge in [0.25, 0.3) is 5.78 Å². The number of anilines is 1. The first-order valence-corrected chi connectivity index (χ1v) is 7.94. The van der Waals surface area contributed by atoms with Crippen LogP contribution in [0, 0.1) is 13.8 Å². The van der Waals surface area contributed by atoms with Crippen molar-refractivity contribution in [3.63, 3.8) is 0 Å². The molecule has 4 aromatic rings. The molecule has 0 radical (unpaired) electrons. The van der Waals surface area contributed by atoms with Crippen molar-refractivity contribution in [3.05, 3.63) is 47.8 Å². The summed E-state index contributed by atoms with van der Waals surface area (Å²) in [5, 5.41) is 13.0. The molecule has 0 unspecified atom stereocenters. The average Bonchev–Trinajstić information content (AvgIpc) is 3.16. The van der Waals surface area contributed by atoms with Gasteiger partial charge < -0.3 is 4.90 Å². The molecule has 1 aliphatic rings. The number of hydrogen-bond donors (Lipinski definition) is 0. The van der Waals surface area contributed by atoms with Gasteiger partial charge in [-0.05, 0) is 26.0 Å². The average molecular weight is 320 g/mol. The van der Waals surface area contributed by atoms with Gasteiger partial charge in [-0.2, -0.15) is 14.6 Å². The first kappa shape index (κ1) is 13.4. The maximum absolute atomic E-state index is 4.48. The SMILES string of the molecule is Cc1nc2ncnn2c(N2CC(c3nnc4ccccn34)C2)c1C. The zero-order valence-corrected chi connectivity index (χ0v) is 13.5. The highest BCUT2D eigenvalue weighted by atomic mass is 15.4. The van der Waals surface area contributed by atoms with E-state index in [1.165, 1.54) is 0 Å². The summed E-state index contributed by atoms with van der Waals surface area (Å²) in [6, 6.07) is 5.96. The van der Waals surface area contributed by atoms with Gasteiger partial charge in [0, 0.05) is 30.5 Å². The van der Waals surface area contributed by atoms with Crippen molar-refractivity contribution in [2.75, 3.05) is 18.0 Å². The highest BCUT2D eigenvalue weighted by Crippen LogP contribution is 2.33. The van der Waals surface area contributed by atoms with Crippen LogP contribution in [0.1, 0.15) is 23.0 Å². The lowest BCUT2D eigenvalue weighted by Crippen LogP contribution is -2.47. The summed E-state index contributed by atoms with van der Waals surface area (Å²) in [7, 11) is 0.